The van der Waals surface area contributed by atoms with Gasteiger partial charge in [-0.1, -0.05) is 35.9 Å². The van der Waals surface area contributed by atoms with Crippen molar-refractivity contribution in [3.8, 4) is 0 Å². The second kappa shape index (κ2) is 7.57. The Labute approximate surface area is 150 Å². The molecule has 1 N–H and O–H groups in total. The number of nitrogens with one attached hydrogen (secondary N) is 1. The van der Waals surface area contributed by atoms with Crippen molar-refractivity contribution in [2.24, 2.45) is 0 Å². The maximum absolute atomic E-state index is 12.5. The van der Waals surface area contributed by atoms with Gasteiger partial charge in [0.2, 0.25) is 5.91 Å². The van der Waals surface area contributed by atoms with E-state index in [2.05, 4.69) is 5.32 Å². The number of amides is 1. The maximum atomic E-state index is 12.5. The number of aromatic nitrogens is 2. The Morgan fingerprint density at radius 3 is 2.48 bits per heavy atom. The predicted octanol–water partition coefficient (Wildman–Crippen LogP) is 3.18. The van der Waals surface area contributed by atoms with Crippen LogP contribution in [0.15, 0.2) is 53.3 Å². The van der Waals surface area contributed by atoms with Crippen molar-refractivity contribution < 1.29 is 4.79 Å². The van der Waals surface area contributed by atoms with Gasteiger partial charge in [0.15, 0.2) is 0 Å². The standard InChI is InChI=1S/C19H20ClN3O2/c1-2-22-16-8-3-4-9-17(16)23(19(22)25)11-10-18(24)21-13-14-6-5-7-15(20)12-14/h3-9,12H,2,10-11,13H2,1H3,(H,21,24). The first kappa shape index (κ1) is 17.3. The van der Waals surface area contributed by atoms with E-state index in [4.69, 9.17) is 11.6 Å². The van der Waals surface area contributed by atoms with E-state index in [9.17, 15) is 9.59 Å². The lowest BCUT2D eigenvalue weighted by Crippen LogP contribution is -2.28. The van der Waals surface area contributed by atoms with Gasteiger partial charge >= 0.3 is 5.69 Å². The van der Waals surface area contributed by atoms with Crippen molar-refractivity contribution in [2.75, 3.05) is 0 Å². The van der Waals surface area contributed by atoms with Crippen LogP contribution in [0.3, 0.4) is 0 Å². The Bertz CT molecular complexity index is 959. The molecule has 0 saturated heterocycles. The lowest BCUT2D eigenvalue weighted by Gasteiger charge is -2.07. The number of hydrogen-bond acceptors (Lipinski definition) is 2. The summed E-state index contributed by atoms with van der Waals surface area (Å²) in [5, 5.41) is 3.51. The van der Waals surface area contributed by atoms with E-state index in [1.165, 1.54) is 0 Å². The number of rotatable bonds is 6. The number of carbonyl (C=O) groups excluding carboxylic acids is 1. The summed E-state index contributed by atoms with van der Waals surface area (Å²) >= 11 is 5.94. The molecule has 5 nitrogen and oxygen atoms in total. The average molecular weight is 358 g/mol. The monoisotopic (exact) mass is 357 g/mol. The second-order valence-electron chi connectivity index (χ2n) is 5.82. The van der Waals surface area contributed by atoms with Crippen molar-refractivity contribution in [3.63, 3.8) is 0 Å². The molecule has 130 valence electrons. The zero-order valence-electron chi connectivity index (χ0n) is 14.0. The first-order chi connectivity index (χ1) is 12.1. The van der Waals surface area contributed by atoms with E-state index in [1.54, 1.807) is 15.2 Å². The van der Waals surface area contributed by atoms with E-state index in [0.29, 0.717) is 24.7 Å². The highest BCUT2D eigenvalue weighted by Crippen LogP contribution is 2.13. The number of para-hydroxylation sites is 2. The average Bonchev–Trinajstić information content (AvgIpc) is 2.89. The topological polar surface area (TPSA) is 56.0 Å². The number of halogens is 1. The lowest BCUT2D eigenvalue weighted by molar-refractivity contribution is -0.121. The van der Waals surface area contributed by atoms with Crippen molar-refractivity contribution in [1.29, 1.82) is 0 Å². The van der Waals surface area contributed by atoms with Crippen LogP contribution in [0.5, 0.6) is 0 Å². The van der Waals surface area contributed by atoms with Crippen LogP contribution in [0.1, 0.15) is 18.9 Å². The summed E-state index contributed by atoms with van der Waals surface area (Å²) in [6.07, 6.45) is 0.248. The Hall–Kier alpha value is -2.53. The molecule has 0 aliphatic heterocycles. The Morgan fingerprint density at radius 1 is 1.08 bits per heavy atom. The van der Waals surface area contributed by atoms with Gasteiger partial charge < -0.3 is 5.32 Å². The highest BCUT2D eigenvalue weighted by Gasteiger charge is 2.12. The highest BCUT2D eigenvalue weighted by atomic mass is 35.5. The highest BCUT2D eigenvalue weighted by molar-refractivity contribution is 6.30. The van der Waals surface area contributed by atoms with Gasteiger partial charge in [-0.05, 0) is 36.8 Å². The molecular formula is C19H20ClN3O2. The zero-order chi connectivity index (χ0) is 17.8. The Morgan fingerprint density at radius 2 is 1.80 bits per heavy atom. The summed E-state index contributed by atoms with van der Waals surface area (Å²) in [5.41, 5.74) is 2.62. The van der Waals surface area contributed by atoms with Crippen LogP contribution < -0.4 is 11.0 Å². The predicted molar refractivity (Wildman–Crippen MR) is 99.8 cm³/mol. The first-order valence-electron chi connectivity index (χ1n) is 8.29. The molecule has 1 heterocycles. The molecule has 0 aliphatic rings. The summed E-state index contributed by atoms with van der Waals surface area (Å²) in [5.74, 6) is -0.0970. The molecular weight excluding hydrogens is 338 g/mol. The van der Waals surface area contributed by atoms with E-state index < -0.39 is 0 Å². The normalized spacial score (nSPS) is 11.0. The van der Waals surface area contributed by atoms with Crippen molar-refractivity contribution >= 4 is 28.5 Å². The summed E-state index contributed by atoms with van der Waals surface area (Å²) in [7, 11) is 0. The summed E-state index contributed by atoms with van der Waals surface area (Å²) in [6.45, 7) is 3.32. The molecule has 0 aliphatic carbocycles. The largest absolute Gasteiger partial charge is 0.352 e. The van der Waals surface area contributed by atoms with Gasteiger partial charge in [-0.3, -0.25) is 13.9 Å². The van der Waals surface area contributed by atoms with Gasteiger partial charge in [-0.25, -0.2) is 4.79 Å². The second-order valence-corrected chi connectivity index (χ2v) is 6.26. The molecule has 0 unspecified atom stereocenters. The number of imidazole rings is 1. The van der Waals surface area contributed by atoms with Crippen LogP contribution in [-0.4, -0.2) is 15.0 Å². The van der Waals surface area contributed by atoms with E-state index in [-0.39, 0.29) is 18.0 Å². The van der Waals surface area contributed by atoms with E-state index in [0.717, 1.165) is 16.6 Å². The quantitative estimate of drug-likeness (QED) is 0.736. The van der Waals surface area contributed by atoms with Crippen molar-refractivity contribution in [1.82, 2.24) is 14.5 Å². The molecule has 0 spiro atoms. The van der Waals surface area contributed by atoms with Crippen LogP contribution in [0.2, 0.25) is 5.02 Å². The fourth-order valence-corrected chi connectivity index (χ4v) is 3.16. The zero-order valence-corrected chi connectivity index (χ0v) is 14.8. The number of benzene rings is 2. The Balaban J connectivity index is 1.67. The van der Waals surface area contributed by atoms with Crippen LogP contribution in [0.4, 0.5) is 0 Å². The van der Waals surface area contributed by atoms with Crippen LogP contribution in [-0.2, 0) is 24.4 Å². The molecule has 2 aromatic carbocycles. The molecule has 3 rings (SSSR count). The molecule has 0 bridgehead atoms. The van der Waals surface area contributed by atoms with E-state index >= 15 is 0 Å². The molecule has 0 radical (unpaired) electrons. The number of carbonyl (C=O) groups is 1. The molecule has 0 atom stereocenters. The third kappa shape index (κ3) is 3.77. The van der Waals surface area contributed by atoms with Gasteiger partial charge in [0.05, 0.1) is 11.0 Å². The van der Waals surface area contributed by atoms with Crippen LogP contribution in [0, 0.1) is 0 Å². The molecule has 6 heteroatoms. The minimum absolute atomic E-state index is 0.0775. The molecule has 0 saturated carbocycles. The smallest absolute Gasteiger partial charge is 0.329 e. The third-order valence-electron chi connectivity index (χ3n) is 4.18. The summed E-state index contributed by atoms with van der Waals surface area (Å²) in [6, 6.07) is 15.0. The van der Waals surface area contributed by atoms with Crippen molar-refractivity contribution in [2.45, 2.75) is 33.0 Å². The first-order valence-corrected chi connectivity index (χ1v) is 8.67. The summed E-state index contributed by atoms with van der Waals surface area (Å²) < 4.78 is 3.39. The molecule has 25 heavy (non-hydrogen) atoms. The van der Waals surface area contributed by atoms with Gasteiger partial charge in [0, 0.05) is 31.1 Å². The van der Waals surface area contributed by atoms with Gasteiger partial charge in [-0.2, -0.15) is 0 Å². The van der Waals surface area contributed by atoms with Gasteiger partial charge in [-0.15, -0.1) is 0 Å². The minimum Gasteiger partial charge on any atom is -0.352 e. The molecule has 1 aromatic heterocycles. The van der Waals surface area contributed by atoms with Crippen LogP contribution >= 0.6 is 11.6 Å². The number of aryl methyl sites for hydroxylation is 2. The molecule has 1 amide bonds. The third-order valence-corrected chi connectivity index (χ3v) is 4.42. The van der Waals surface area contributed by atoms with E-state index in [1.807, 2.05) is 49.4 Å². The number of hydrogen-bond donors (Lipinski definition) is 1. The lowest BCUT2D eigenvalue weighted by atomic mass is 10.2. The SMILES string of the molecule is CCn1c(=O)n(CCC(=O)NCc2cccc(Cl)c2)c2ccccc21. The van der Waals surface area contributed by atoms with Gasteiger partial charge in [0.25, 0.3) is 0 Å². The summed E-state index contributed by atoms with van der Waals surface area (Å²) in [4.78, 5) is 24.7. The fourth-order valence-electron chi connectivity index (χ4n) is 2.94. The Kier molecular flexibility index (Phi) is 5.24. The minimum atomic E-state index is -0.0970. The maximum Gasteiger partial charge on any atom is 0.329 e. The molecule has 0 fully saturated rings. The van der Waals surface area contributed by atoms with Crippen molar-refractivity contribution in [3.05, 3.63) is 69.6 Å². The number of nitrogens with zero attached hydrogens (tertiary/aromatic N) is 2. The molecule has 3 aromatic rings. The van der Waals surface area contributed by atoms with Gasteiger partial charge in [0.1, 0.15) is 0 Å². The van der Waals surface area contributed by atoms with Crippen LogP contribution in [0.25, 0.3) is 11.0 Å². The number of fused-ring (bicyclic) bond motifs is 1. The fraction of sp³-hybridized carbons (Fsp3) is 0.263.